The molecule has 12 nitrogen and oxygen atoms in total. The lowest BCUT2D eigenvalue weighted by atomic mass is 9.85. The molecule has 0 aromatic carbocycles. The van der Waals surface area contributed by atoms with Crippen molar-refractivity contribution in [3.63, 3.8) is 0 Å². The van der Waals surface area contributed by atoms with Crippen LogP contribution in [0.5, 0.6) is 0 Å². The summed E-state index contributed by atoms with van der Waals surface area (Å²) in [6.45, 7) is 44.8. The highest BCUT2D eigenvalue weighted by Crippen LogP contribution is 2.31. The van der Waals surface area contributed by atoms with Crippen molar-refractivity contribution in [1.82, 2.24) is 24.5 Å². The van der Waals surface area contributed by atoms with E-state index >= 15 is 0 Å². The van der Waals surface area contributed by atoms with E-state index in [2.05, 4.69) is 0 Å². The SMILES string of the molecule is CC(=O)N(CC(=O)N(CC(=O)N(CC(=O)N(CC(=O)N(CC(=O)OC(C)(C)C)[C@@H](C)C(C)(C)C)[C@@H](C)C(C)(C)C)[C@@H](C)C(C)(C)C)[C@@H](C)C(C)(C)C)[C@@H](C)C(C)(C)C. The molecular weight excluding hydrogens is 735 g/mol. The van der Waals surface area contributed by atoms with E-state index in [0.29, 0.717) is 0 Å². The lowest BCUT2D eigenvalue weighted by Crippen LogP contribution is -2.59. The molecule has 0 saturated carbocycles. The minimum atomic E-state index is -0.748. The summed E-state index contributed by atoms with van der Waals surface area (Å²) in [5.41, 5.74) is -2.77. The predicted molar refractivity (Wildman–Crippen MR) is 235 cm³/mol. The van der Waals surface area contributed by atoms with Crippen LogP contribution in [0.15, 0.2) is 0 Å². The van der Waals surface area contributed by atoms with Crippen molar-refractivity contribution in [2.24, 2.45) is 27.1 Å². The van der Waals surface area contributed by atoms with Crippen LogP contribution in [0.1, 0.15) is 166 Å². The molecule has 0 bridgehead atoms. The van der Waals surface area contributed by atoms with Gasteiger partial charge >= 0.3 is 5.97 Å². The number of hydrogen-bond donors (Lipinski definition) is 0. The summed E-state index contributed by atoms with van der Waals surface area (Å²) in [6.07, 6.45) is 0. The van der Waals surface area contributed by atoms with Crippen LogP contribution in [0.25, 0.3) is 0 Å². The second kappa shape index (κ2) is 19.9. The van der Waals surface area contributed by atoms with Gasteiger partial charge in [-0.3, -0.25) is 28.8 Å². The molecule has 0 saturated heterocycles. The summed E-state index contributed by atoms with van der Waals surface area (Å²) in [4.78, 5) is 91.9. The smallest absolute Gasteiger partial charge is 0.326 e. The topological polar surface area (TPSA) is 128 Å². The molecule has 0 aromatic heterocycles. The summed E-state index contributed by atoms with van der Waals surface area (Å²) in [5.74, 6) is -2.39. The molecule has 0 aliphatic rings. The fourth-order valence-electron chi connectivity index (χ4n) is 6.08. The number of esters is 1. The van der Waals surface area contributed by atoms with E-state index in [4.69, 9.17) is 4.74 Å². The van der Waals surface area contributed by atoms with E-state index in [1.165, 1.54) is 21.6 Å². The van der Waals surface area contributed by atoms with Crippen molar-refractivity contribution in [2.75, 3.05) is 32.7 Å². The third-order valence-electron chi connectivity index (χ3n) is 12.2. The zero-order valence-electron chi connectivity index (χ0n) is 41.5. The molecule has 58 heavy (non-hydrogen) atoms. The van der Waals surface area contributed by atoms with Crippen LogP contribution in [0.4, 0.5) is 0 Å². The fraction of sp³-hybridized carbons (Fsp3) is 0.870. The van der Waals surface area contributed by atoms with Crippen molar-refractivity contribution >= 4 is 35.5 Å². The molecule has 0 heterocycles. The van der Waals surface area contributed by atoms with Crippen molar-refractivity contribution in [3.05, 3.63) is 0 Å². The summed E-state index contributed by atoms with van der Waals surface area (Å²) in [6, 6.07) is -1.93. The van der Waals surface area contributed by atoms with Crippen molar-refractivity contribution in [3.8, 4) is 0 Å². The highest BCUT2D eigenvalue weighted by molar-refractivity contribution is 5.92. The molecule has 5 amide bonds. The Balaban J connectivity index is 7.21. The van der Waals surface area contributed by atoms with E-state index in [-0.39, 0.29) is 62.0 Å². The normalized spacial score (nSPS) is 15.7. The van der Waals surface area contributed by atoms with Gasteiger partial charge in [0.15, 0.2) is 0 Å². The van der Waals surface area contributed by atoms with Crippen molar-refractivity contribution in [2.45, 2.75) is 202 Å². The Labute approximate surface area is 354 Å². The molecular formula is C46H87N5O7. The molecule has 0 aromatic rings. The van der Waals surface area contributed by atoms with E-state index in [1.807, 2.05) is 138 Å². The van der Waals surface area contributed by atoms with Gasteiger partial charge in [-0.05, 0) is 82.5 Å². The van der Waals surface area contributed by atoms with Crippen LogP contribution in [0.2, 0.25) is 0 Å². The highest BCUT2D eigenvalue weighted by atomic mass is 16.6. The molecule has 0 aliphatic carbocycles. The number of rotatable bonds is 15. The van der Waals surface area contributed by atoms with E-state index in [9.17, 15) is 28.8 Å². The Bertz CT molecular complexity index is 1430. The van der Waals surface area contributed by atoms with Gasteiger partial charge in [0.25, 0.3) is 0 Å². The Morgan fingerprint density at radius 2 is 0.552 bits per heavy atom. The number of ether oxygens (including phenoxy) is 1. The van der Waals surface area contributed by atoms with Crippen LogP contribution in [-0.4, -0.2) is 129 Å². The van der Waals surface area contributed by atoms with Crippen molar-refractivity contribution in [1.29, 1.82) is 0 Å². The second-order valence-electron chi connectivity index (χ2n) is 23.0. The van der Waals surface area contributed by atoms with Gasteiger partial charge in [-0.25, -0.2) is 0 Å². The predicted octanol–water partition coefficient (Wildman–Crippen LogP) is 7.66. The number of carbonyl (C=O) groups excluding carboxylic acids is 6. The first kappa shape index (κ1) is 54.8. The molecule has 0 aliphatic heterocycles. The zero-order valence-corrected chi connectivity index (χ0v) is 41.5. The minimum absolute atomic E-state index is 0.193. The Morgan fingerprint density at radius 1 is 0.362 bits per heavy atom. The van der Waals surface area contributed by atoms with Gasteiger partial charge in [-0.2, -0.15) is 0 Å². The molecule has 0 spiro atoms. The van der Waals surface area contributed by atoms with Crippen LogP contribution in [0.3, 0.4) is 0 Å². The van der Waals surface area contributed by atoms with Crippen LogP contribution in [-0.2, 0) is 33.5 Å². The first-order chi connectivity index (χ1) is 25.5. The Morgan fingerprint density at radius 3 is 0.741 bits per heavy atom. The second-order valence-corrected chi connectivity index (χ2v) is 23.0. The molecule has 0 radical (unpaired) electrons. The van der Waals surface area contributed by atoms with Gasteiger partial charge in [0, 0.05) is 37.1 Å². The number of nitrogens with zero attached hydrogens (tertiary/aromatic N) is 5. The molecule has 338 valence electrons. The summed E-state index contributed by atoms with van der Waals surface area (Å²) in [5, 5.41) is 0. The largest absolute Gasteiger partial charge is 0.459 e. The Hall–Kier alpha value is -3.18. The lowest BCUT2D eigenvalue weighted by Gasteiger charge is -2.44. The van der Waals surface area contributed by atoms with Crippen LogP contribution in [0, 0.1) is 27.1 Å². The Kier molecular flexibility index (Phi) is 18.8. The number of hydrogen-bond acceptors (Lipinski definition) is 7. The van der Waals surface area contributed by atoms with Gasteiger partial charge < -0.3 is 29.2 Å². The van der Waals surface area contributed by atoms with E-state index < -0.39 is 69.1 Å². The maximum Gasteiger partial charge on any atom is 0.326 e. The van der Waals surface area contributed by atoms with Crippen molar-refractivity contribution < 1.29 is 33.5 Å². The van der Waals surface area contributed by atoms with E-state index in [1.54, 1.807) is 30.6 Å². The monoisotopic (exact) mass is 822 g/mol. The molecule has 0 rings (SSSR count). The number of carbonyl (C=O) groups is 6. The third kappa shape index (κ3) is 16.8. The van der Waals surface area contributed by atoms with Gasteiger partial charge in [0.2, 0.25) is 29.5 Å². The molecule has 0 unspecified atom stereocenters. The quantitative estimate of drug-likeness (QED) is 0.155. The summed E-state index contributed by atoms with van der Waals surface area (Å²) < 4.78 is 5.61. The molecule has 5 atom stereocenters. The number of amides is 5. The average molecular weight is 822 g/mol. The standard InChI is InChI=1S/C46H87N5O7/c1-30(41(7,8)9)47(35(6)52)25-36(53)48(31(2)42(10,11)12)26-37(54)49(32(3)43(13,14)15)27-38(55)50(33(4)44(16,17)18)28-39(56)51(34(5)45(19,20)21)29-40(57)58-46(22,23)24/h30-34H,25-29H2,1-24H3/t30-,31-,32-,33-,34-/m0/s1. The van der Waals surface area contributed by atoms with Gasteiger partial charge in [0.05, 0.1) is 0 Å². The van der Waals surface area contributed by atoms with Gasteiger partial charge in [-0.15, -0.1) is 0 Å². The molecule has 0 fully saturated rings. The first-order valence-electron chi connectivity index (χ1n) is 21.2. The fourth-order valence-corrected chi connectivity index (χ4v) is 6.08. The summed E-state index contributed by atoms with van der Waals surface area (Å²) >= 11 is 0. The molecule has 12 heteroatoms. The lowest BCUT2D eigenvalue weighted by molar-refractivity contribution is -0.162. The first-order valence-corrected chi connectivity index (χ1v) is 21.2. The maximum atomic E-state index is 14.8. The maximum absolute atomic E-state index is 14.8. The van der Waals surface area contributed by atoms with Crippen LogP contribution >= 0.6 is 0 Å². The zero-order chi connectivity index (χ0) is 46.5. The van der Waals surface area contributed by atoms with Gasteiger partial charge in [-0.1, -0.05) is 104 Å². The van der Waals surface area contributed by atoms with Crippen LogP contribution < -0.4 is 0 Å². The van der Waals surface area contributed by atoms with E-state index in [0.717, 1.165) is 0 Å². The van der Waals surface area contributed by atoms with Gasteiger partial charge in [0.1, 0.15) is 38.3 Å². The average Bonchev–Trinajstić information content (AvgIpc) is 3.00. The molecule has 0 N–H and O–H groups in total. The summed E-state index contributed by atoms with van der Waals surface area (Å²) in [7, 11) is 0. The third-order valence-corrected chi connectivity index (χ3v) is 12.2. The minimum Gasteiger partial charge on any atom is -0.459 e. The highest BCUT2D eigenvalue weighted by Gasteiger charge is 2.41.